The van der Waals surface area contributed by atoms with Crippen LogP contribution in [-0.2, 0) is 0 Å². The number of anilines is 1. The zero-order valence-corrected chi connectivity index (χ0v) is 18.3. The standard InChI is InChI=1S/C25H20ClF2N3O2/c26-16-9-12-19(20(28)14-16)23-29-22(15-7-10-17(27)11-8-15)24(31(23)18-4-1-2-5-18)30-25(32)21-6-3-13-33-21/h3,6-14,18H,1-2,4-5H2,(H,30,32). The first-order valence-electron chi connectivity index (χ1n) is 10.7. The Labute approximate surface area is 194 Å². The molecule has 5 rings (SSSR count). The number of nitrogens with one attached hydrogen (secondary N) is 1. The van der Waals surface area contributed by atoms with Crippen LogP contribution < -0.4 is 5.32 Å². The van der Waals surface area contributed by atoms with Crippen LogP contribution in [0.4, 0.5) is 14.6 Å². The van der Waals surface area contributed by atoms with Crippen molar-refractivity contribution in [3.05, 3.63) is 83.3 Å². The Morgan fingerprint density at radius 3 is 2.52 bits per heavy atom. The molecule has 1 saturated carbocycles. The lowest BCUT2D eigenvalue weighted by molar-refractivity contribution is 0.0995. The highest BCUT2D eigenvalue weighted by atomic mass is 35.5. The number of imidazole rings is 1. The fourth-order valence-electron chi connectivity index (χ4n) is 4.32. The maximum Gasteiger partial charge on any atom is 0.292 e. The van der Waals surface area contributed by atoms with E-state index in [1.54, 1.807) is 36.4 Å². The van der Waals surface area contributed by atoms with Gasteiger partial charge in [-0.3, -0.25) is 4.79 Å². The molecule has 4 aromatic rings. The maximum atomic E-state index is 15.0. The highest BCUT2D eigenvalue weighted by molar-refractivity contribution is 6.30. The number of hydrogen-bond acceptors (Lipinski definition) is 3. The zero-order chi connectivity index (χ0) is 22.9. The first-order valence-corrected chi connectivity index (χ1v) is 11.1. The van der Waals surface area contributed by atoms with E-state index in [1.807, 2.05) is 4.57 Å². The molecule has 2 heterocycles. The van der Waals surface area contributed by atoms with Crippen molar-refractivity contribution in [2.45, 2.75) is 31.7 Å². The highest BCUT2D eigenvalue weighted by Crippen LogP contribution is 2.42. The lowest BCUT2D eigenvalue weighted by Gasteiger charge is -2.19. The maximum absolute atomic E-state index is 15.0. The summed E-state index contributed by atoms with van der Waals surface area (Å²) in [6, 6.07) is 13.4. The van der Waals surface area contributed by atoms with E-state index < -0.39 is 11.7 Å². The van der Waals surface area contributed by atoms with Crippen LogP contribution in [0.5, 0.6) is 0 Å². The molecule has 33 heavy (non-hydrogen) atoms. The predicted molar refractivity (Wildman–Crippen MR) is 122 cm³/mol. The van der Waals surface area contributed by atoms with E-state index in [9.17, 15) is 13.6 Å². The third-order valence-corrected chi connectivity index (χ3v) is 6.10. The van der Waals surface area contributed by atoms with E-state index in [1.165, 1.54) is 24.5 Å². The van der Waals surface area contributed by atoms with Gasteiger partial charge in [-0.15, -0.1) is 0 Å². The van der Waals surface area contributed by atoms with E-state index >= 15 is 0 Å². The molecule has 1 aliphatic rings. The van der Waals surface area contributed by atoms with Gasteiger partial charge in [0.15, 0.2) is 5.76 Å². The summed E-state index contributed by atoms with van der Waals surface area (Å²) in [5.74, 6) is -0.422. The molecular formula is C25H20ClF2N3O2. The van der Waals surface area contributed by atoms with Gasteiger partial charge in [0.2, 0.25) is 0 Å². The van der Waals surface area contributed by atoms with Crippen molar-refractivity contribution in [1.29, 1.82) is 0 Å². The minimum absolute atomic E-state index is 0.0173. The lowest BCUT2D eigenvalue weighted by Crippen LogP contribution is -2.18. The summed E-state index contributed by atoms with van der Waals surface area (Å²) in [5.41, 5.74) is 1.29. The average molecular weight is 468 g/mol. The molecule has 1 amide bonds. The van der Waals surface area contributed by atoms with Gasteiger partial charge in [0, 0.05) is 16.6 Å². The van der Waals surface area contributed by atoms with Crippen molar-refractivity contribution in [3.8, 4) is 22.6 Å². The van der Waals surface area contributed by atoms with Crippen LogP contribution in [0.15, 0.2) is 65.3 Å². The number of benzene rings is 2. The molecule has 2 aromatic heterocycles. The van der Waals surface area contributed by atoms with Crippen molar-refractivity contribution in [1.82, 2.24) is 9.55 Å². The number of nitrogens with zero attached hydrogens (tertiary/aromatic N) is 2. The normalized spacial score (nSPS) is 14.0. The van der Waals surface area contributed by atoms with Crippen molar-refractivity contribution < 1.29 is 18.0 Å². The van der Waals surface area contributed by atoms with Gasteiger partial charge < -0.3 is 14.3 Å². The predicted octanol–water partition coefficient (Wildman–Crippen LogP) is 7.11. The summed E-state index contributed by atoms with van der Waals surface area (Å²) >= 11 is 5.97. The van der Waals surface area contributed by atoms with Crippen LogP contribution in [-0.4, -0.2) is 15.5 Å². The van der Waals surface area contributed by atoms with Crippen LogP contribution in [0.3, 0.4) is 0 Å². The largest absolute Gasteiger partial charge is 0.459 e. The van der Waals surface area contributed by atoms with Gasteiger partial charge in [0.25, 0.3) is 5.91 Å². The number of rotatable bonds is 5. The summed E-state index contributed by atoms with van der Waals surface area (Å²) in [6.45, 7) is 0. The Morgan fingerprint density at radius 1 is 1.09 bits per heavy atom. The van der Waals surface area contributed by atoms with Gasteiger partial charge in [-0.1, -0.05) is 24.4 Å². The van der Waals surface area contributed by atoms with Crippen molar-refractivity contribution in [3.63, 3.8) is 0 Å². The number of halogens is 3. The van der Waals surface area contributed by atoms with E-state index in [-0.39, 0.29) is 28.2 Å². The van der Waals surface area contributed by atoms with E-state index in [0.29, 0.717) is 22.9 Å². The Morgan fingerprint density at radius 2 is 1.85 bits per heavy atom. The molecular weight excluding hydrogens is 448 g/mol. The van der Waals surface area contributed by atoms with Crippen molar-refractivity contribution in [2.24, 2.45) is 0 Å². The van der Waals surface area contributed by atoms with Crippen LogP contribution in [0, 0.1) is 11.6 Å². The molecule has 0 bridgehead atoms. The van der Waals surface area contributed by atoms with Gasteiger partial charge in [-0.25, -0.2) is 13.8 Å². The van der Waals surface area contributed by atoms with Crippen LogP contribution >= 0.6 is 11.6 Å². The summed E-state index contributed by atoms with van der Waals surface area (Å²) < 4.78 is 35.8. The Balaban J connectivity index is 1.73. The van der Waals surface area contributed by atoms with Crippen molar-refractivity contribution in [2.75, 3.05) is 5.32 Å². The molecule has 5 nitrogen and oxygen atoms in total. The number of furan rings is 1. The minimum atomic E-state index is -0.513. The monoisotopic (exact) mass is 467 g/mol. The summed E-state index contributed by atoms with van der Waals surface area (Å²) in [4.78, 5) is 17.7. The molecule has 0 aliphatic heterocycles. The summed E-state index contributed by atoms with van der Waals surface area (Å²) in [6.07, 6.45) is 5.18. The molecule has 1 fully saturated rings. The van der Waals surface area contributed by atoms with Crippen LogP contribution in [0.1, 0.15) is 42.3 Å². The molecule has 1 N–H and O–H groups in total. The quantitative estimate of drug-likeness (QED) is 0.340. The molecule has 0 unspecified atom stereocenters. The number of hydrogen-bond donors (Lipinski definition) is 1. The number of carbonyl (C=O) groups excluding carboxylic acids is 1. The molecule has 0 spiro atoms. The van der Waals surface area contributed by atoms with Gasteiger partial charge in [0.1, 0.15) is 29.0 Å². The van der Waals surface area contributed by atoms with E-state index in [2.05, 4.69) is 5.32 Å². The second-order valence-electron chi connectivity index (χ2n) is 8.00. The van der Waals surface area contributed by atoms with Gasteiger partial charge in [-0.2, -0.15) is 0 Å². The van der Waals surface area contributed by atoms with Crippen molar-refractivity contribution >= 4 is 23.3 Å². The molecule has 8 heteroatoms. The van der Waals surface area contributed by atoms with Gasteiger partial charge in [0.05, 0.1) is 11.8 Å². The minimum Gasteiger partial charge on any atom is -0.459 e. The number of aromatic nitrogens is 2. The second kappa shape index (κ2) is 8.83. The average Bonchev–Trinajstić information content (AvgIpc) is 3.56. The Hall–Kier alpha value is -3.45. The topological polar surface area (TPSA) is 60.1 Å². The fraction of sp³-hybridized carbons (Fsp3) is 0.200. The lowest BCUT2D eigenvalue weighted by atomic mass is 10.1. The summed E-state index contributed by atoms with van der Waals surface area (Å²) in [5, 5.41) is 3.20. The zero-order valence-electron chi connectivity index (χ0n) is 17.5. The molecule has 0 radical (unpaired) electrons. The molecule has 2 aromatic carbocycles. The SMILES string of the molecule is O=C(Nc1c(-c2ccc(F)cc2)nc(-c2ccc(Cl)cc2F)n1C1CCCC1)c1ccco1. The Kier molecular flexibility index (Phi) is 5.72. The van der Waals surface area contributed by atoms with Gasteiger partial charge >= 0.3 is 0 Å². The van der Waals surface area contributed by atoms with E-state index in [4.69, 9.17) is 21.0 Å². The first kappa shape index (κ1) is 21.4. The smallest absolute Gasteiger partial charge is 0.292 e. The second-order valence-corrected chi connectivity index (χ2v) is 8.44. The number of amides is 1. The van der Waals surface area contributed by atoms with Crippen LogP contribution in [0.25, 0.3) is 22.6 Å². The van der Waals surface area contributed by atoms with E-state index in [0.717, 1.165) is 25.7 Å². The molecule has 1 aliphatic carbocycles. The molecule has 0 saturated heterocycles. The third kappa shape index (κ3) is 4.16. The third-order valence-electron chi connectivity index (χ3n) is 5.87. The van der Waals surface area contributed by atoms with Gasteiger partial charge in [-0.05, 0) is 67.4 Å². The first-order chi connectivity index (χ1) is 16.0. The number of carbonyl (C=O) groups is 1. The highest BCUT2D eigenvalue weighted by Gasteiger charge is 2.30. The fourth-order valence-corrected chi connectivity index (χ4v) is 4.48. The molecule has 168 valence electrons. The Bertz CT molecular complexity index is 1290. The summed E-state index contributed by atoms with van der Waals surface area (Å²) in [7, 11) is 0. The van der Waals surface area contributed by atoms with Crippen LogP contribution in [0.2, 0.25) is 5.02 Å². The molecule has 0 atom stereocenters.